The van der Waals surface area contributed by atoms with Crippen molar-refractivity contribution in [3.63, 3.8) is 0 Å². The number of rotatable bonds is 4. The molecule has 0 spiro atoms. The summed E-state index contributed by atoms with van der Waals surface area (Å²) < 4.78 is 0. The quantitative estimate of drug-likeness (QED) is 0.863. The molecule has 2 atom stereocenters. The molecule has 5 nitrogen and oxygen atoms in total. The first-order valence-corrected chi connectivity index (χ1v) is 7.44. The van der Waals surface area contributed by atoms with Crippen LogP contribution in [0.1, 0.15) is 25.6 Å². The van der Waals surface area contributed by atoms with E-state index in [0.29, 0.717) is 0 Å². The van der Waals surface area contributed by atoms with Gasteiger partial charge in [-0.05, 0) is 26.0 Å². The number of carbonyl (C=O) groups excluding carboxylic acids is 1. The van der Waals surface area contributed by atoms with Crippen molar-refractivity contribution in [3.8, 4) is 0 Å². The Hall–Kier alpha value is -1.88. The van der Waals surface area contributed by atoms with Gasteiger partial charge in [0.25, 0.3) is 0 Å². The maximum Gasteiger partial charge on any atom is 0.317 e. The standard InChI is InChI=1S/C16H24N4O/c1-4-13(2)18-16(21)20-11-9-19(10-12-20)14(3)15-7-5-6-8-17-15/h4-8,13-14H,1,9-12H2,2-3H3,(H,18,21)/t13-,14+/m1/s1. The molecular formula is C16H24N4O. The van der Waals surface area contributed by atoms with Crippen LogP contribution >= 0.6 is 0 Å². The van der Waals surface area contributed by atoms with Crippen molar-refractivity contribution in [3.05, 3.63) is 42.7 Å². The highest BCUT2D eigenvalue weighted by Gasteiger charge is 2.25. The number of nitrogens with one attached hydrogen (secondary N) is 1. The number of nitrogens with zero attached hydrogens (tertiary/aromatic N) is 3. The molecule has 1 aliphatic rings. The second-order valence-electron chi connectivity index (χ2n) is 5.43. The monoisotopic (exact) mass is 288 g/mol. The second kappa shape index (κ2) is 7.22. The van der Waals surface area contributed by atoms with E-state index in [2.05, 4.69) is 34.8 Å². The molecule has 2 amide bonds. The average Bonchev–Trinajstić information content (AvgIpc) is 2.55. The number of hydrogen-bond acceptors (Lipinski definition) is 3. The minimum atomic E-state index is -0.00691. The molecule has 1 aliphatic heterocycles. The van der Waals surface area contributed by atoms with Crippen LogP contribution in [0.4, 0.5) is 4.79 Å². The van der Waals surface area contributed by atoms with Gasteiger partial charge in [-0.25, -0.2) is 4.79 Å². The second-order valence-corrected chi connectivity index (χ2v) is 5.43. The first kappa shape index (κ1) is 15.5. The first-order chi connectivity index (χ1) is 10.1. The third-order valence-corrected chi connectivity index (χ3v) is 3.97. The van der Waals surface area contributed by atoms with Gasteiger partial charge < -0.3 is 10.2 Å². The Labute approximate surface area is 126 Å². The van der Waals surface area contributed by atoms with Crippen LogP contribution < -0.4 is 5.32 Å². The lowest BCUT2D eigenvalue weighted by Crippen LogP contribution is -2.53. The minimum absolute atomic E-state index is 0.00275. The van der Waals surface area contributed by atoms with E-state index in [1.807, 2.05) is 30.2 Å². The van der Waals surface area contributed by atoms with Crippen LogP contribution in [0.15, 0.2) is 37.1 Å². The lowest BCUT2D eigenvalue weighted by atomic mass is 10.1. The van der Waals surface area contributed by atoms with Gasteiger partial charge in [0.2, 0.25) is 0 Å². The fourth-order valence-electron chi connectivity index (χ4n) is 2.47. The van der Waals surface area contributed by atoms with Crippen LogP contribution in [-0.4, -0.2) is 53.0 Å². The van der Waals surface area contributed by atoms with Gasteiger partial charge in [0.15, 0.2) is 0 Å². The van der Waals surface area contributed by atoms with Gasteiger partial charge in [0, 0.05) is 44.5 Å². The molecule has 0 aromatic carbocycles. The van der Waals surface area contributed by atoms with E-state index in [9.17, 15) is 4.79 Å². The van der Waals surface area contributed by atoms with Crippen LogP contribution in [0.25, 0.3) is 0 Å². The number of amides is 2. The molecule has 2 rings (SSSR count). The molecular weight excluding hydrogens is 264 g/mol. The molecule has 1 fully saturated rings. The molecule has 21 heavy (non-hydrogen) atoms. The summed E-state index contributed by atoms with van der Waals surface area (Å²) in [5.41, 5.74) is 1.08. The van der Waals surface area contributed by atoms with Gasteiger partial charge in [-0.15, -0.1) is 6.58 Å². The molecule has 0 bridgehead atoms. The van der Waals surface area contributed by atoms with Crippen molar-refractivity contribution < 1.29 is 4.79 Å². The summed E-state index contributed by atoms with van der Waals surface area (Å²) in [7, 11) is 0. The first-order valence-electron chi connectivity index (χ1n) is 7.44. The van der Waals surface area contributed by atoms with E-state index >= 15 is 0 Å². The van der Waals surface area contributed by atoms with Crippen molar-refractivity contribution >= 4 is 6.03 Å². The summed E-state index contributed by atoms with van der Waals surface area (Å²) in [6.07, 6.45) is 3.56. The highest BCUT2D eigenvalue weighted by molar-refractivity contribution is 5.74. The van der Waals surface area contributed by atoms with Crippen molar-refractivity contribution in [1.29, 1.82) is 0 Å². The summed E-state index contributed by atoms with van der Waals surface area (Å²) in [5, 5.41) is 2.91. The van der Waals surface area contributed by atoms with E-state index in [4.69, 9.17) is 0 Å². The molecule has 0 radical (unpaired) electrons. The predicted molar refractivity (Wildman–Crippen MR) is 84.0 cm³/mol. The summed E-state index contributed by atoms with van der Waals surface area (Å²) in [6, 6.07) is 6.27. The highest BCUT2D eigenvalue weighted by Crippen LogP contribution is 2.19. The van der Waals surface area contributed by atoms with E-state index in [1.165, 1.54) is 0 Å². The van der Waals surface area contributed by atoms with Crippen LogP contribution in [-0.2, 0) is 0 Å². The number of urea groups is 1. The number of carbonyl (C=O) groups is 1. The zero-order chi connectivity index (χ0) is 15.2. The van der Waals surface area contributed by atoms with Crippen LogP contribution in [0, 0.1) is 0 Å². The van der Waals surface area contributed by atoms with Gasteiger partial charge in [-0.1, -0.05) is 12.1 Å². The summed E-state index contributed by atoms with van der Waals surface area (Å²) >= 11 is 0. The normalized spacial score (nSPS) is 18.9. The van der Waals surface area contributed by atoms with Gasteiger partial charge in [0.05, 0.1) is 5.69 Å². The van der Waals surface area contributed by atoms with Crippen molar-refractivity contribution in [1.82, 2.24) is 20.1 Å². The molecule has 1 N–H and O–H groups in total. The third-order valence-electron chi connectivity index (χ3n) is 3.97. The Kier molecular flexibility index (Phi) is 5.33. The Morgan fingerprint density at radius 1 is 1.33 bits per heavy atom. The molecule has 0 unspecified atom stereocenters. The summed E-state index contributed by atoms with van der Waals surface area (Å²) in [5.74, 6) is 0. The molecule has 0 saturated carbocycles. The molecule has 1 aromatic rings. The van der Waals surface area contributed by atoms with Gasteiger partial charge >= 0.3 is 6.03 Å². The average molecular weight is 288 g/mol. The molecule has 5 heteroatoms. The number of pyridine rings is 1. The number of hydrogen-bond donors (Lipinski definition) is 1. The lowest BCUT2D eigenvalue weighted by molar-refractivity contribution is 0.112. The molecule has 2 heterocycles. The Morgan fingerprint density at radius 2 is 2.05 bits per heavy atom. The fourth-order valence-corrected chi connectivity index (χ4v) is 2.47. The Balaban J connectivity index is 1.85. The maximum absolute atomic E-state index is 12.1. The van der Waals surface area contributed by atoms with E-state index < -0.39 is 0 Å². The number of piperazine rings is 1. The van der Waals surface area contributed by atoms with Crippen LogP contribution in [0.3, 0.4) is 0 Å². The lowest BCUT2D eigenvalue weighted by Gasteiger charge is -2.38. The Morgan fingerprint density at radius 3 is 2.62 bits per heavy atom. The van der Waals surface area contributed by atoms with Crippen molar-refractivity contribution in [2.24, 2.45) is 0 Å². The van der Waals surface area contributed by atoms with Gasteiger partial charge in [0.1, 0.15) is 0 Å². The molecule has 0 aliphatic carbocycles. The minimum Gasteiger partial charge on any atom is -0.332 e. The Bertz CT molecular complexity index is 468. The zero-order valence-corrected chi connectivity index (χ0v) is 12.8. The predicted octanol–water partition coefficient (Wildman–Crippen LogP) is 2.04. The smallest absolute Gasteiger partial charge is 0.317 e. The number of aromatic nitrogens is 1. The molecule has 114 valence electrons. The third kappa shape index (κ3) is 4.04. The fraction of sp³-hybridized carbons (Fsp3) is 0.500. The zero-order valence-electron chi connectivity index (χ0n) is 12.8. The maximum atomic E-state index is 12.1. The van der Waals surface area contributed by atoms with Gasteiger partial charge in [-0.2, -0.15) is 0 Å². The van der Waals surface area contributed by atoms with Crippen LogP contribution in [0.5, 0.6) is 0 Å². The van der Waals surface area contributed by atoms with Gasteiger partial charge in [-0.3, -0.25) is 9.88 Å². The summed E-state index contributed by atoms with van der Waals surface area (Å²) in [4.78, 5) is 20.7. The SMILES string of the molecule is C=C[C@@H](C)NC(=O)N1CCN([C@@H](C)c2ccccn2)CC1. The van der Waals surface area contributed by atoms with E-state index in [1.54, 1.807) is 6.08 Å². The van der Waals surface area contributed by atoms with Crippen LogP contribution in [0.2, 0.25) is 0 Å². The highest BCUT2D eigenvalue weighted by atomic mass is 16.2. The topological polar surface area (TPSA) is 48.5 Å². The van der Waals surface area contributed by atoms with Crippen molar-refractivity contribution in [2.45, 2.75) is 25.9 Å². The van der Waals surface area contributed by atoms with Crippen molar-refractivity contribution in [2.75, 3.05) is 26.2 Å². The largest absolute Gasteiger partial charge is 0.332 e. The summed E-state index contributed by atoms with van der Waals surface area (Å²) in [6.45, 7) is 11.0. The molecule has 1 saturated heterocycles. The molecule has 1 aromatic heterocycles. The van der Waals surface area contributed by atoms with E-state index in [0.717, 1.165) is 31.9 Å². The van der Waals surface area contributed by atoms with E-state index in [-0.39, 0.29) is 18.1 Å².